The predicted octanol–water partition coefficient (Wildman–Crippen LogP) is 3.55. The van der Waals surface area contributed by atoms with Crippen molar-refractivity contribution in [2.45, 2.75) is 20.8 Å². The smallest absolute Gasteiger partial charge is 0.135 e. The molecule has 0 amide bonds. The first kappa shape index (κ1) is 8.89. The van der Waals surface area contributed by atoms with Crippen molar-refractivity contribution in [1.82, 2.24) is 0 Å². The number of hydrogen-bond donors (Lipinski definition) is 0. The molecule has 0 bridgehead atoms. The minimum atomic E-state index is -0.169. The summed E-state index contributed by atoms with van der Waals surface area (Å²) in [5.41, 5.74) is 0.694. The quantitative estimate of drug-likeness (QED) is 0.558. The van der Waals surface area contributed by atoms with Crippen LogP contribution in [0.5, 0.6) is 0 Å². The topological polar surface area (TPSA) is 0 Å². The van der Waals surface area contributed by atoms with Crippen molar-refractivity contribution >= 4 is 15.9 Å². The molecule has 0 fully saturated rings. The lowest BCUT2D eigenvalue weighted by Gasteiger charge is -1.94. The second kappa shape index (κ2) is 3.83. The summed E-state index contributed by atoms with van der Waals surface area (Å²) in [6, 6.07) is 0. The van der Waals surface area contributed by atoms with Crippen LogP contribution in [-0.2, 0) is 0 Å². The van der Waals surface area contributed by atoms with E-state index in [4.69, 9.17) is 0 Å². The summed E-state index contributed by atoms with van der Waals surface area (Å²) in [4.78, 5) is 0. The first-order valence-corrected chi connectivity index (χ1v) is 3.54. The molecular formula is C7H10BrF. The molecule has 0 radical (unpaired) electrons. The van der Waals surface area contributed by atoms with Gasteiger partial charge in [0, 0.05) is 4.48 Å². The molecule has 2 heteroatoms. The molecule has 0 aliphatic carbocycles. The Balaban J connectivity index is 4.40. The molecule has 0 aromatic rings. The summed E-state index contributed by atoms with van der Waals surface area (Å²) >= 11 is 3.07. The van der Waals surface area contributed by atoms with Gasteiger partial charge in [0.2, 0.25) is 0 Å². The predicted molar refractivity (Wildman–Crippen MR) is 42.2 cm³/mol. The maximum absolute atomic E-state index is 12.7. The number of rotatable bonds is 1. The van der Waals surface area contributed by atoms with E-state index in [1.54, 1.807) is 26.8 Å². The Labute approximate surface area is 63.6 Å². The molecule has 0 aromatic heterocycles. The number of allylic oxidation sites excluding steroid dienone is 4. The monoisotopic (exact) mass is 192 g/mol. The van der Waals surface area contributed by atoms with Crippen LogP contribution in [0.4, 0.5) is 4.39 Å². The molecule has 9 heavy (non-hydrogen) atoms. The highest BCUT2D eigenvalue weighted by Gasteiger charge is 1.98. The molecule has 52 valence electrons. The summed E-state index contributed by atoms with van der Waals surface area (Å²) in [7, 11) is 0. The highest BCUT2D eigenvalue weighted by Crippen LogP contribution is 2.20. The van der Waals surface area contributed by atoms with Crippen molar-refractivity contribution < 1.29 is 4.39 Å². The van der Waals surface area contributed by atoms with E-state index in [-0.39, 0.29) is 5.83 Å². The van der Waals surface area contributed by atoms with Crippen molar-refractivity contribution in [3.05, 3.63) is 22.0 Å². The molecule has 0 rings (SSSR count). The molecule has 0 saturated carbocycles. The van der Waals surface area contributed by atoms with E-state index in [2.05, 4.69) is 15.9 Å². The first-order chi connectivity index (χ1) is 4.09. The highest BCUT2D eigenvalue weighted by atomic mass is 79.9. The van der Waals surface area contributed by atoms with Gasteiger partial charge in [0.05, 0.1) is 0 Å². The van der Waals surface area contributed by atoms with Gasteiger partial charge in [-0.2, -0.15) is 0 Å². The third-order valence-corrected chi connectivity index (χ3v) is 1.71. The molecule has 0 atom stereocenters. The van der Waals surface area contributed by atoms with E-state index in [1.165, 1.54) is 0 Å². The fraction of sp³-hybridized carbons (Fsp3) is 0.429. The summed E-state index contributed by atoms with van der Waals surface area (Å²) in [6.45, 7) is 5.26. The van der Waals surface area contributed by atoms with Crippen LogP contribution in [0.25, 0.3) is 0 Å². The van der Waals surface area contributed by atoms with Crippen molar-refractivity contribution in [3.8, 4) is 0 Å². The van der Waals surface area contributed by atoms with Crippen LogP contribution in [0.2, 0.25) is 0 Å². The van der Waals surface area contributed by atoms with Gasteiger partial charge >= 0.3 is 0 Å². The lowest BCUT2D eigenvalue weighted by molar-refractivity contribution is 0.651. The summed E-state index contributed by atoms with van der Waals surface area (Å²) in [5.74, 6) is -0.169. The van der Waals surface area contributed by atoms with Gasteiger partial charge in [0.15, 0.2) is 0 Å². The standard InChI is InChI=1S/C7H10BrF/c1-4-6(8)7(9)5(2)3/h4H,1-3H3. The van der Waals surface area contributed by atoms with Crippen LogP contribution in [0.15, 0.2) is 22.0 Å². The fourth-order valence-corrected chi connectivity index (χ4v) is 0.762. The zero-order valence-corrected chi connectivity index (χ0v) is 7.42. The lowest BCUT2D eigenvalue weighted by Crippen LogP contribution is -1.75. The summed E-state index contributed by atoms with van der Waals surface area (Å²) < 4.78 is 13.2. The normalized spacial score (nSPS) is 11.4. The van der Waals surface area contributed by atoms with E-state index < -0.39 is 0 Å². The molecule has 0 unspecified atom stereocenters. The fourth-order valence-electron chi connectivity index (χ4n) is 0.366. The van der Waals surface area contributed by atoms with Crippen molar-refractivity contribution in [2.24, 2.45) is 0 Å². The Kier molecular flexibility index (Phi) is 3.78. The number of halogens is 2. The minimum Gasteiger partial charge on any atom is -0.206 e. The van der Waals surface area contributed by atoms with E-state index in [9.17, 15) is 4.39 Å². The first-order valence-electron chi connectivity index (χ1n) is 2.74. The Bertz CT molecular complexity index is 152. The van der Waals surface area contributed by atoms with Gasteiger partial charge in [-0.25, -0.2) is 4.39 Å². The molecule has 0 saturated heterocycles. The molecule has 0 nitrogen and oxygen atoms in total. The Morgan fingerprint density at radius 1 is 1.44 bits per heavy atom. The molecule has 0 N–H and O–H groups in total. The van der Waals surface area contributed by atoms with Gasteiger partial charge < -0.3 is 0 Å². The van der Waals surface area contributed by atoms with Crippen LogP contribution in [0.3, 0.4) is 0 Å². The molecule has 0 spiro atoms. The van der Waals surface area contributed by atoms with Crippen LogP contribution in [0, 0.1) is 0 Å². The third-order valence-electron chi connectivity index (χ3n) is 0.902. The molecule has 0 aliphatic rings. The van der Waals surface area contributed by atoms with E-state index >= 15 is 0 Å². The lowest BCUT2D eigenvalue weighted by atomic mass is 10.3. The van der Waals surface area contributed by atoms with Crippen LogP contribution in [-0.4, -0.2) is 0 Å². The molecule has 0 heterocycles. The van der Waals surface area contributed by atoms with Gasteiger partial charge in [-0.15, -0.1) is 0 Å². The van der Waals surface area contributed by atoms with Gasteiger partial charge in [-0.1, -0.05) is 6.08 Å². The zero-order chi connectivity index (χ0) is 7.44. The third kappa shape index (κ3) is 2.80. The van der Waals surface area contributed by atoms with Gasteiger partial charge in [-0.05, 0) is 42.3 Å². The van der Waals surface area contributed by atoms with E-state index in [0.29, 0.717) is 10.1 Å². The largest absolute Gasteiger partial charge is 0.206 e. The average Bonchev–Trinajstić information content (AvgIpc) is 1.84. The van der Waals surface area contributed by atoms with Gasteiger partial charge in [0.25, 0.3) is 0 Å². The number of hydrogen-bond acceptors (Lipinski definition) is 0. The van der Waals surface area contributed by atoms with E-state index in [0.717, 1.165) is 0 Å². The Morgan fingerprint density at radius 3 is 2.00 bits per heavy atom. The highest BCUT2D eigenvalue weighted by molar-refractivity contribution is 9.11. The molecular weight excluding hydrogens is 183 g/mol. The van der Waals surface area contributed by atoms with E-state index in [1.807, 2.05) is 0 Å². The Morgan fingerprint density at radius 2 is 1.89 bits per heavy atom. The van der Waals surface area contributed by atoms with Crippen LogP contribution >= 0.6 is 15.9 Å². The second-order valence-electron chi connectivity index (χ2n) is 1.95. The molecule has 0 aromatic carbocycles. The van der Waals surface area contributed by atoms with Crippen molar-refractivity contribution in [3.63, 3.8) is 0 Å². The van der Waals surface area contributed by atoms with Crippen LogP contribution < -0.4 is 0 Å². The second-order valence-corrected chi connectivity index (χ2v) is 2.80. The Hall–Kier alpha value is -0.110. The summed E-state index contributed by atoms with van der Waals surface area (Å²) in [6.07, 6.45) is 1.68. The van der Waals surface area contributed by atoms with Gasteiger partial charge in [0.1, 0.15) is 5.83 Å². The van der Waals surface area contributed by atoms with Gasteiger partial charge in [-0.3, -0.25) is 0 Å². The zero-order valence-electron chi connectivity index (χ0n) is 5.83. The van der Waals surface area contributed by atoms with Crippen LogP contribution in [0.1, 0.15) is 20.8 Å². The summed E-state index contributed by atoms with van der Waals surface area (Å²) in [5, 5.41) is 0. The maximum Gasteiger partial charge on any atom is 0.135 e. The SMILES string of the molecule is CC=C(Br)C(F)=C(C)C. The van der Waals surface area contributed by atoms with Crippen molar-refractivity contribution in [2.75, 3.05) is 0 Å². The average molecular weight is 193 g/mol. The molecule has 0 aliphatic heterocycles. The van der Waals surface area contributed by atoms with Crippen molar-refractivity contribution in [1.29, 1.82) is 0 Å². The maximum atomic E-state index is 12.7. The minimum absolute atomic E-state index is 0.169.